The summed E-state index contributed by atoms with van der Waals surface area (Å²) in [4.78, 5) is 18.5. The third-order valence-corrected chi connectivity index (χ3v) is 7.12. The lowest BCUT2D eigenvalue weighted by molar-refractivity contribution is -0.120. The van der Waals surface area contributed by atoms with Crippen LogP contribution in [0.1, 0.15) is 55.5 Å². The monoisotopic (exact) mass is 371 g/mol. The molecule has 1 N–H and O–H groups in total. The van der Waals surface area contributed by atoms with Crippen LogP contribution >= 0.6 is 11.3 Å². The van der Waals surface area contributed by atoms with E-state index >= 15 is 0 Å². The summed E-state index contributed by atoms with van der Waals surface area (Å²) >= 11 is 1.55. The number of amides is 1. The zero-order valence-electron chi connectivity index (χ0n) is 14.1. The van der Waals surface area contributed by atoms with E-state index in [0.717, 1.165) is 37.8 Å². The van der Waals surface area contributed by atoms with Gasteiger partial charge in [-0.1, -0.05) is 19.3 Å². The van der Waals surface area contributed by atoms with Crippen LogP contribution in [0.4, 0.5) is 5.13 Å². The van der Waals surface area contributed by atoms with Crippen molar-refractivity contribution in [2.45, 2.75) is 63.8 Å². The predicted molar refractivity (Wildman–Crippen MR) is 95.8 cm³/mol. The van der Waals surface area contributed by atoms with Crippen LogP contribution in [0.5, 0.6) is 0 Å². The molecule has 0 aromatic carbocycles. The van der Waals surface area contributed by atoms with Crippen molar-refractivity contribution in [3.8, 4) is 0 Å². The number of aromatic nitrogens is 1. The molecule has 1 saturated heterocycles. The van der Waals surface area contributed by atoms with E-state index in [-0.39, 0.29) is 5.91 Å². The number of aryl methyl sites for hydroxylation is 2. The zero-order chi connectivity index (χ0) is 17.2. The Morgan fingerprint density at radius 2 is 1.92 bits per heavy atom. The second-order valence-electron chi connectivity index (χ2n) is 6.68. The Balaban J connectivity index is 1.73. The highest BCUT2D eigenvalue weighted by molar-refractivity contribution is 7.88. The highest BCUT2D eigenvalue weighted by atomic mass is 32.2. The van der Waals surface area contributed by atoms with Gasteiger partial charge in [-0.25, -0.2) is 13.4 Å². The van der Waals surface area contributed by atoms with Crippen molar-refractivity contribution in [3.63, 3.8) is 0 Å². The largest absolute Gasteiger partial charge is 0.301 e. The van der Waals surface area contributed by atoms with Gasteiger partial charge in [0.05, 0.1) is 11.9 Å². The molecule has 0 radical (unpaired) electrons. The third-order valence-electron chi connectivity index (χ3n) is 4.76. The molecule has 1 aliphatic carbocycles. The van der Waals surface area contributed by atoms with Crippen molar-refractivity contribution in [1.29, 1.82) is 0 Å². The summed E-state index contributed by atoms with van der Waals surface area (Å²) in [6.07, 6.45) is 10.2. The molecule has 1 atom stereocenters. The number of piperidine rings is 1. The number of thiazole rings is 1. The molecule has 2 heterocycles. The van der Waals surface area contributed by atoms with E-state index in [2.05, 4.69) is 10.3 Å². The van der Waals surface area contributed by atoms with Crippen LogP contribution < -0.4 is 5.32 Å². The van der Waals surface area contributed by atoms with Gasteiger partial charge in [-0.2, -0.15) is 4.31 Å². The van der Waals surface area contributed by atoms with E-state index in [0.29, 0.717) is 18.1 Å². The molecular weight excluding hydrogens is 346 g/mol. The fraction of sp³-hybridized carbons (Fsp3) is 0.750. The number of fused-ring (bicyclic) bond motifs is 1. The van der Waals surface area contributed by atoms with Gasteiger partial charge in [-0.05, 0) is 38.5 Å². The van der Waals surface area contributed by atoms with E-state index in [1.807, 2.05) is 0 Å². The van der Waals surface area contributed by atoms with Gasteiger partial charge in [0.2, 0.25) is 15.9 Å². The second-order valence-corrected chi connectivity index (χ2v) is 9.70. The number of hydrogen-bond acceptors (Lipinski definition) is 5. The summed E-state index contributed by atoms with van der Waals surface area (Å²) in [7, 11) is -3.37. The van der Waals surface area contributed by atoms with Gasteiger partial charge in [0.1, 0.15) is 6.04 Å². The van der Waals surface area contributed by atoms with E-state index in [4.69, 9.17) is 0 Å². The van der Waals surface area contributed by atoms with Crippen LogP contribution in [0.3, 0.4) is 0 Å². The lowest BCUT2D eigenvalue weighted by Gasteiger charge is -2.32. The molecule has 1 aromatic heterocycles. The normalized spacial score (nSPS) is 23.1. The Morgan fingerprint density at radius 1 is 1.17 bits per heavy atom. The van der Waals surface area contributed by atoms with Crippen LogP contribution in [-0.2, 0) is 27.7 Å². The summed E-state index contributed by atoms with van der Waals surface area (Å²) in [6.45, 7) is 0.422. The number of nitrogens with one attached hydrogen (secondary N) is 1. The fourth-order valence-electron chi connectivity index (χ4n) is 3.51. The molecule has 24 heavy (non-hydrogen) atoms. The molecule has 1 aliphatic heterocycles. The lowest BCUT2D eigenvalue weighted by Crippen LogP contribution is -2.49. The summed E-state index contributed by atoms with van der Waals surface area (Å²) in [5, 5.41) is 3.49. The van der Waals surface area contributed by atoms with Crippen LogP contribution in [0.2, 0.25) is 0 Å². The molecule has 2 aliphatic rings. The van der Waals surface area contributed by atoms with Crippen LogP contribution in [-0.4, -0.2) is 42.5 Å². The molecule has 1 unspecified atom stereocenters. The van der Waals surface area contributed by atoms with Crippen molar-refractivity contribution < 1.29 is 13.2 Å². The summed E-state index contributed by atoms with van der Waals surface area (Å²) in [5.74, 6) is -0.248. The first-order chi connectivity index (χ1) is 11.4. The molecule has 134 valence electrons. The minimum Gasteiger partial charge on any atom is -0.301 e. The summed E-state index contributed by atoms with van der Waals surface area (Å²) in [6, 6.07) is -0.611. The topological polar surface area (TPSA) is 79.4 Å². The summed E-state index contributed by atoms with van der Waals surface area (Å²) < 4.78 is 25.2. The van der Waals surface area contributed by atoms with Gasteiger partial charge in [0.25, 0.3) is 0 Å². The zero-order valence-corrected chi connectivity index (χ0v) is 15.7. The number of rotatable bonds is 3. The molecule has 0 bridgehead atoms. The average molecular weight is 372 g/mol. The molecule has 8 heteroatoms. The highest BCUT2D eigenvalue weighted by Crippen LogP contribution is 2.29. The van der Waals surface area contributed by atoms with Gasteiger partial charge in [-0.3, -0.25) is 4.79 Å². The van der Waals surface area contributed by atoms with Crippen LogP contribution in [0.15, 0.2) is 0 Å². The van der Waals surface area contributed by atoms with Crippen molar-refractivity contribution in [2.75, 3.05) is 18.1 Å². The number of anilines is 1. The molecule has 3 rings (SSSR count). The molecule has 1 aromatic rings. The first kappa shape index (κ1) is 17.8. The number of carbonyl (C=O) groups is 1. The minimum atomic E-state index is -3.37. The Labute approximate surface area is 147 Å². The lowest BCUT2D eigenvalue weighted by atomic mass is 10.0. The van der Waals surface area contributed by atoms with E-state index in [9.17, 15) is 13.2 Å². The highest BCUT2D eigenvalue weighted by Gasteiger charge is 2.34. The van der Waals surface area contributed by atoms with Gasteiger partial charge in [-0.15, -0.1) is 11.3 Å². The average Bonchev–Trinajstić information content (AvgIpc) is 2.87. The van der Waals surface area contributed by atoms with Crippen LogP contribution in [0.25, 0.3) is 0 Å². The van der Waals surface area contributed by atoms with Gasteiger partial charge < -0.3 is 5.32 Å². The Kier molecular flexibility index (Phi) is 5.56. The van der Waals surface area contributed by atoms with Crippen molar-refractivity contribution in [3.05, 3.63) is 10.6 Å². The SMILES string of the molecule is CS(=O)(=O)N1CCCCC1C(=O)Nc1nc2c(s1)CCCCCC2. The first-order valence-corrected chi connectivity index (χ1v) is 11.4. The molecular formula is C16H25N3O3S2. The number of carbonyl (C=O) groups excluding carboxylic acids is 1. The van der Waals surface area contributed by atoms with Crippen LogP contribution in [0, 0.1) is 0 Å². The Bertz CT molecular complexity index is 674. The number of sulfonamides is 1. The van der Waals surface area contributed by atoms with Crippen molar-refractivity contribution in [2.24, 2.45) is 0 Å². The maximum Gasteiger partial charge on any atom is 0.244 e. The standard InChI is InChI=1S/C16H25N3O3S2/c1-24(21,22)19-11-7-6-9-13(19)15(20)18-16-17-12-8-4-2-3-5-10-14(12)23-16/h13H,2-11H2,1H3,(H,17,18,20). The third kappa shape index (κ3) is 4.15. The van der Waals surface area contributed by atoms with E-state index in [1.54, 1.807) is 11.3 Å². The molecule has 6 nitrogen and oxygen atoms in total. The van der Waals surface area contributed by atoms with Crippen molar-refractivity contribution in [1.82, 2.24) is 9.29 Å². The number of hydrogen-bond donors (Lipinski definition) is 1. The molecule has 0 spiro atoms. The maximum atomic E-state index is 12.6. The summed E-state index contributed by atoms with van der Waals surface area (Å²) in [5.41, 5.74) is 1.11. The first-order valence-electron chi connectivity index (χ1n) is 8.71. The maximum absolute atomic E-state index is 12.6. The molecule has 1 amide bonds. The Hall–Kier alpha value is -0.990. The molecule has 0 saturated carbocycles. The van der Waals surface area contributed by atoms with Gasteiger partial charge >= 0.3 is 0 Å². The van der Waals surface area contributed by atoms with Crippen molar-refractivity contribution >= 4 is 32.4 Å². The smallest absolute Gasteiger partial charge is 0.244 e. The molecule has 1 fully saturated rings. The Morgan fingerprint density at radius 3 is 2.67 bits per heavy atom. The second kappa shape index (κ2) is 7.49. The van der Waals surface area contributed by atoms with Gasteiger partial charge in [0, 0.05) is 11.4 Å². The fourth-order valence-corrected chi connectivity index (χ4v) is 5.69. The quantitative estimate of drug-likeness (QED) is 0.885. The van der Waals surface area contributed by atoms with E-state index in [1.165, 1.54) is 34.7 Å². The van der Waals surface area contributed by atoms with Gasteiger partial charge in [0.15, 0.2) is 5.13 Å². The minimum absolute atomic E-state index is 0.248. The predicted octanol–water partition coefficient (Wildman–Crippen LogP) is 2.55. The van der Waals surface area contributed by atoms with E-state index < -0.39 is 16.1 Å². The number of nitrogens with zero attached hydrogens (tertiary/aromatic N) is 2.